The van der Waals surface area contributed by atoms with Gasteiger partial charge in [0, 0.05) is 11.6 Å². The standard InChI is InChI=1S/C21H16N4O4/c26-19-11-15(7-9-18(19)25(28)29)21(27)24-20(13-4-2-1-3-5-13)14-6-8-16-17(10-14)23-12-22-16/h1-12,20,26H,(H,22,23)(H,24,27). The van der Waals surface area contributed by atoms with Gasteiger partial charge < -0.3 is 15.4 Å². The molecule has 29 heavy (non-hydrogen) atoms. The van der Waals surface area contributed by atoms with Crippen molar-refractivity contribution in [3.05, 3.63) is 99.9 Å². The fourth-order valence-corrected chi connectivity index (χ4v) is 3.17. The van der Waals surface area contributed by atoms with Crippen LogP contribution in [0.2, 0.25) is 0 Å². The van der Waals surface area contributed by atoms with Gasteiger partial charge in [-0.1, -0.05) is 36.4 Å². The van der Waals surface area contributed by atoms with E-state index < -0.39 is 28.3 Å². The summed E-state index contributed by atoms with van der Waals surface area (Å²) >= 11 is 0. The van der Waals surface area contributed by atoms with E-state index in [1.54, 1.807) is 6.33 Å². The van der Waals surface area contributed by atoms with Gasteiger partial charge in [0.2, 0.25) is 0 Å². The Morgan fingerprint density at radius 1 is 1.07 bits per heavy atom. The number of H-pyrrole nitrogens is 1. The van der Waals surface area contributed by atoms with Crippen LogP contribution in [0.4, 0.5) is 5.69 Å². The third kappa shape index (κ3) is 3.63. The Labute approximate surface area is 165 Å². The minimum absolute atomic E-state index is 0.122. The predicted octanol–water partition coefficient (Wildman–Crippen LogP) is 3.70. The number of carbonyl (C=O) groups excluding carboxylic acids is 1. The maximum Gasteiger partial charge on any atom is 0.310 e. The van der Waals surface area contributed by atoms with Crippen molar-refractivity contribution < 1.29 is 14.8 Å². The number of nitro benzene ring substituents is 1. The van der Waals surface area contributed by atoms with E-state index in [4.69, 9.17) is 0 Å². The van der Waals surface area contributed by atoms with Gasteiger partial charge in [0.25, 0.3) is 5.91 Å². The molecule has 3 N–H and O–H groups in total. The number of amides is 1. The Bertz CT molecular complexity index is 1200. The molecule has 0 radical (unpaired) electrons. The number of aromatic hydroxyl groups is 1. The summed E-state index contributed by atoms with van der Waals surface area (Å²) in [6, 6.07) is 18.1. The maximum atomic E-state index is 12.8. The number of carbonyl (C=O) groups is 1. The lowest BCUT2D eigenvalue weighted by Crippen LogP contribution is -2.29. The molecule has 3 aromatic carbocycles. The fourth-order valence-electron chi connectivity index (χ4n) is 3.17. The summed E-state index contributed by atoms with van der Waals surface area (Å²) in [6.45, 7) is 0. The van der Waals surface area contributed by atoms with Gasteiger partial charge in [-0.05, 0) is 35.4 Å². The number of nitro groups is 1. The van der Waals surface area contributed by atoms with Crippen molar-refractivity contribution in [1.82, 2.24) is 15.3 Å². The first-order valence-corrected chi connectivity index (χ1v) is 8.79. The maximum absolute atomic E-state index is 12.8. The molecule has 0 fully saturated rings. The molecule has 0 saturated carbocycles. The summed E-state index contributed by atoms with van der Waals surface area (Å²) < 4.78 is 0. The SMILES string of the molecule is O=C(NC(c1ccccc1)c1ccc2nc[nH]c2c1)c1ccc([N+](=O)[O-])c(O)c1. The molecule has 4 rings (SSSR count). The number of fused-ring (bicyclic) bond motifs is 1. The monoisotopic (exact) mass is 388 g/mol. The molecule has 0 aliphatic heterocycles. The van der Waals surface area contributed by atoms with Gasteiger partial charge in [0.1, 0.15) is 0 Å². The summed E-state index contributed by atoms with van der Waals surface area (Å²) in [4.78, 5) is 30.3. The van der Waals surface area contributed by atoms with Gasteiger partial charge in [-0.25, -0.2) is 4.98 Å². The molecule has 1 unspecified atom stereocenters. The molecular formula is C21H16N4O4. The number of nitrogens with zero attached hydrogens (tertiary/aromatic N) is 2. The largest absolute Gasteiger partial charge is 0.502 e. The Balaban J connectivity index is 1.69. The number of nitrogens with one attached hydrogen (secondary N) is 2. The van der Waals surface area contributed by atoms with Crippen LogP contribution in [0.25, 0.3) is 11.0 Å². The number of aromatic amines is 1. The average Bonchev–Trinajstić information content (AvgIpc) is 3.20. The molecule has 1 amide bonds. The van der Waals surface area contributed by atoms with Crippen molar-refractivity contribution in [3.8, 4) is 5.75 Å². The third-order valence-corrected chi connectivity index (χ3v) is 4.62. The Morgan fingerprint density at radius 2 is 1.86 bits per heavy atom. The smallest absolute Gasteiger partial charge is 0.310 e. The molecule has 1 atom stereocenters. The molecule has 0 spiro atoms. The second kappa shape index (κ2) is 7.43. The molecule has 1 aromatic heterocycles. The van der Waals surface area contributed by atoms with Crippen LogP contribution >= 0.6 is 0 Å². The van der Waals surface area contributed by atoms with E-state index in [0.29, 0.717) is 0 Å². The summed E-state index contributed by atoms with van der Waals surface area (Å²) in [7, 11) is 0. The minimum Gasteiger partial charge on any atom is -0.502 e. The van der Waals surface area contributed by atoms with Gasteiger partial charge >= 0.3 is 5.69 Å². The van der Waals surface area contributed by atoms with Gasteiger partial charge in [0.05, 0.1) is 28.3 Å². The highest BCUT2D eigenvalue weighted by atomic mass is 16.6. The van der Waals surface area contributed by atoms with Crippen LogP contribution < -0.4 is 5.32 Å². The van der Waals surface area contributed by atoms with Crippen LogP contribution in [-0.2, 0) is 0 Å². The Hall–Kier alpha value is -4.20. The van der Waals surface area contributed by atoms with Gasteiger partial charge in [0.15, 0.2) is 5.75 Å². The molecule has 144 valence electrons. The summed E-state index contributed by atoms with van der Waals surface area (Å²) in [5, 5.41) is 23.7. The quantitative estimate of drug-likeness (QED) is 0.356. The number of benzene rings is 3. The number of phenolic OH excluding ortho intramolecular Hbond substituents is 1. The molecule has 8 heteroatoms. The zero-order valence-corrected chi connectivity index (χ0v) is 15.1. The second-order valence-electron chi connectivity index (χ2n) is 6.46. The number of hydrogen-bond acceptors (Lipinski definition) is 5. The van der Waals surface area contributed by atoms with Crippen molar-refractivity contribution in [1.29, 1.82) is 0 Å². The van der Waals surface area contributed by atoms with Crippen molar-refractivity contribution in [2.45, 2.75) is 6.04 Å². The van der Waals surface area contributed by atoms with Crippen molar-refractivity contribution in [3.63, 3.8) is 0 Å². The van der Waals surface area contributed by atoms with Crippen molar-refractivity contribution in [2.75, 3.05) is 0 Å². The number of imidazole rings is 1. The van der Waals surface area contributed by atoms with Crippen LogP contribution in [0, 0.1) is 10.1 Å². The minimum atomic E-state index is -0.705. The average molecular weight is 388 g/mol. The predicted molar refractivity (Wildman–Crippen MR) is 107 cm³/mol. The number of rotatable bonds is 5. The highest BCUT2D eigenvalue weighted by Gasteiger charge is 2.21. The zero-order valence-electron chi connectivity index (χ0n) is 15.1. The lowest BCUT2D eigenvalue weighted by Gasteiger charge is -2.20. The molecule has 0 aliphatic carbocycles. The highest BCUT2D eigenvalue weighted by Crippen LogP contribution is 2.28. The number of aromatic nitrogens is 2. The molecule has 0 saturated heterocycles. The van der Waals surface area contributed by atoms with E-state index in [-0.39, 0.29) is 5.56 Å². The van der Waals surface area contributed by atoms with Crippen LogP contribution in [-0.4, -0.2) is 25.9 Å². The van der Waals surface area contributed by atoms with Gasteiger partial charge in [-0.3, -0.25) is 14.9 Å². The lowest BCUT2D eigenvalue weighted by atomic mass is 9.97. The topological polar surface area (TPSA) is 121 Å². The summed E-state index contributed by atoms with van der Waals surface area (Å²) in [5.41, 5.74) is 3.03. The normalized spacial score (nSPS) is 11.9. The van der Waals surface area contributed by atoms with Gasteiger partial charge in [-0.2, -0.15) is 0 Å². The zero-order chi connectivity index (χ0) is 20.4. The molecule has 0 aliphatic rings. The van der Waals surface area contributed by atoms with Crippen LogP contribution in [0.3, 0.4) is 0 Å². The lowest BCUT2D eigenvalue weighted by molar-refractivity contribution is -0.385. The summed E-state index contributed by atoms with van der Waals surface area (Å²) in [5.74, 6) is -1.02. The van der Waals surface area contributed by atoms with Crippen LogP contribution in [0.5, 0.6) is 5.75 Å². The molecule has 0 bridgehead atoms. The first-order valence-electron chi connectivity index (χ1n) is 8.79. The van der Waals surface area contributed by atoms with E-state index in [1.807, 2.05) is 48.5 Å². The van der Waals surface area contributed by atoms with E-state index in [1.165, 1.54) is 6.07 Å². The van der Waals surface area contributed by atoms with E-state index >= 15 is 0 Å². The number of phenols is 1. The van der Waals surface area contributed by atoms with Crippen LogP contribution in [0.15, 0.2) is 73.1 Å². The van der Waals surface area contributed by atoms with Crippen molar-refractivity contribution >= 4 is 22.6 Å². The van der Waals surface area contributed by atoms with E-state index in [0.717, 1.165) is 34.3 Å². The summed E-state index contributed by atoms with van der Waals surface area (Å²) in [6.07, 6.45) is 1.60. The molecular weight excluding hydrogens is 372 g/mol. The molecule has 8 nitrogen and oxygen atoms in total. The van der Waals surface area contributed by atoms with Gasteiger partial charge in [-0.15, -0.1) is 0 Å². The first-order chi connectivity index (χ1) is 14.0. The van der Waals surface area contributed by atoms with E-state index in [2.05, 4.69) is 15.3 Å². The van der Waals surface area contributed by atoms with Crippen LogP contribution in [0.1, 0.15) is 27.5 Å². The highest BCUT2D eigenvalue weighted by molar-refractivity contribution is 5.95. The van der Waals surface area contributed by atoms with E-state index in [9.17, 15) is 20.0 Å². The second-order valence-corrected chi connectivity index (χ2v) is 6.46. The van der Waals surface area contributed by atoms with Crippen molar-refractivity contribution in [2.24, 2.45) is 0 Å². The fraction of sp³-hybridized carbons (Fsp3) is 0.0476. The molecule has 1 heterocycles. The molecule has 4 aromatic rings. The Morgan fingerprint density at radius 3 is 2.59 bits per heavy atom. The first kappa shape index (κ1) is 18.2. The third-order valence-electron chi connectivity index (χ3n) is 4.62. The number of hydrogen-bond donors (Lipinski definition) is 3. The Kier molecular flexibility index (Phi) is 4.66.